The zero-order valence-corrected chi connectivity index (χ0v) is 12.8. The van der Waals surface area contributed by atoms with Gasteiger partial charge in [0.1, 0.15) is 0 Å². The Labute approximate surface area is 126 Å². The highest BCUT2D eigenvalue weighted by Crippen LogP contribution is 2.33. The van der Waals surface area contributed by atoms with Crippen LogP contribution in [0, 0.1) is 11.8 Å². The van der Waals surface area contributed by atoms with Gasteiger partial charge in [0, 0.05) is 38.0 Å². The average molecular weight is 309 g/mol. The summed E-state index contributed by atoms with van der Waals surface area (Å²) < 4.78 is 2.01. The second-order valence-electron chi connectivity index (χ2n) is 5.65. The number of aromatic nitrogens is 1. The second kappa shape index (κ2) is 5.63. The molecule has 0 saturated carbocycles. The van der Waals surface area contributed by atoms with Gasteiger partial charge in [0.15, 0.2) is 10.6 Å². The maximum absolute atomic E-state index is 12.7. The first-order chi connectivity index (χ1) is 10.1. The van der Waals surface area contributed by atoms with Crippen molar-refractivity contribution in [2.75, 3.05) is 20.1 Å². The molecule has 0 aliphatic carbocycles. The summed E-state index contributed by atoms with van der Waals surface area (Å²) >= 11 is 1.51. The first-order valence-electron chi connectivity index (χ1n) is 7.25. The first-order valence-corrected chi connectivity index (χ1v) is 8.13. The normalized spacial score (nSPS) is 24.2. The predicted molar refractivity (Wildman–Crippen MR) is 78.6 cm³/mol. The van der Waals surface area contributed by atoms with Crippen LogP contribution in [0.5, 0.6) is 0 Å². The van der Waals surface area contributed by atoms with Crippen LogP contribution in [0.2, 0.25) is 0 Å². The Hall–Kier alpha value is -1.63. The molecule has 1 saturated heterocycles. The fourth-order valence-corrected chi connectivity index (χ4v) is 4.33. The molecular weight excluding hydrogens is 290 g/mol. The molecule has 3 rings (SSSR count). The van der Waals surface area contributed by atoms with Gasteiger partial charge in [-0.15, -0.1) is 11.3 Å². The molecule has 6 nitrogen and oxygen atoms in total. The largest absolute Gasteiger partial charge is 0.465 e. The highest BCUT2D eigenvalue weighted by molar-refractivity contribution is 7.07. The molecule has 0 spiro atoms. The number of rotatable bonds is 1. The highest BCUT2D eigenvalue weighted by Gasteiger charge is 2.36. The van der Waals surface area contributed by atoms with Gasteiger partial charge < -0.3 is 14.6 Å². The van der Waals surface area contributed by atoms with Crippen molar-refractivity contribution in [3.05, 3.63) is 15.9 Å². The summed E-state index contributed by atoms with van der Waals surface area (Å²) in [7, 11) is 1.75. The smallest absolute Gasteiger partial charge is 0.407 e. The Morgan fingerprint density at radius 3 is 2.67 bits per heavy atom. The van der Waals surface area contributed by atoms with Crippen molar-refractivity contribution in [1.29, 1.82) is 0 Å². The summed E-state index contributed by atoms with van der Waals surface area (Å²) in [6.45, 7) is 1.92. The van der Waals surface area contributed by atoms with Gasteiger partial charge in [0.05, 0.1) is 5.69 Å². The van der Waals surface area contributed by atoms with Crippen LogP contribution in [-0.4, -0.2) is 46.6 Å². The Bertz CT molecular complexity index is 626. The van der Waals surface area contributed by atoms with Gasteiger partial charge in [-0.2, -0.15) is 0 Å². The number of likely N-dealkylation sites (tertiary alicyclic amines) is 1. The molecule has 1 atom stereocenters. The number of carbonyl (C=O) groups is 2. The number of nitrogens with zero attached hydrogens (tertiary/aromatic N) is 3. The lowest BCUT2D eigenvalue weighted by Gasteiger charge is -2.35. The number of Topliss-reactive ketones (excluding diaryl/α,β-unsaturated/α-hetero) is 1. The predicted octanol–water partition coefficient (Wildman–Crippen LogP) is 1.67. The molecule has 0 radical (unpaired) electrons. The number of ketones is 1. The van der Waals surface area contributed by atoms with Crippen molar-refractivity contribution in [3.63, 3.8) is 0 Å². The van der Waals surface area contributed by atoms with Crippen molar-refractivity contribution in [2.45, 2.75) is 25.8 Å². The monoisotopic (exact) mass is 309 g/mol. The van der Waals surface area contributed by atoms with E-state index in [4.69, 9.17) is 5.11 Å². The van der Waals surface area contributed by atoms with E-state index in [-0.39, 0.29) is 11.7 Å². The molecule has 1 aromatic rings. The number of thiazole rings is 1. The van der Waals surface area contributed by atoms with E-state index in [1.807, 2.05) is 9.95 Å². The van der Waals surface area contributed by atoms with Gasteiger partial charge >= 0.3 is 6.09 Å². The van der Waals surface area contributed by atoms with Gasteiger partial charge in [-0.3, -0.25) is 9.79 Å². The fraction of sp³-hybridized carbons (Fsp3) is 0.643. The SMILES string of the molecule is C/N=c1\scc2n1CCC(C1CCN(C(=O)O)CC1)C2=O. The van der Waals surface area contributed by atoms with Gasteiger partial charge in [0.25, 0.3) is 0 Å². The van der Waals surface area contributed by atoms with Crippen LogP contribution in [0.25, 0.3) is 0 Å². The summed E-state index contributed by atoms with van der Waals surface area (Å²) in [4.78, 5) is 30.2. The fourth-order valence-electron chi connectivity index (χ4n) is 3.45. The molecule has 1 aromatic heterocycles. The second-order valence-corrected chi connectivity index (χ2v) is 6.48. The quantitative estimate of drug-likeness (QED) is 0.857. The van der Waals surface area contributed by atoms with Crippen LogP contribution in [0.4, 0.5) is 4.79 Å². The molecule has 7 heteroatoms. The molecule has 21 heavy (non-hydrogen) atoms. The number of fused-ring (bicyclic) bond motifs is 1. The standard InChI is InChI=1S/C14H19N3O3S/c1-15-13-17-7-4-10(12(18)11(17)8-21-13)9-2-5-16(6-3-9)14(19)20/h8-10H,2-7H2,1H3,(H,19,20)/b15-13-. The zero-order chi connectivity index (χ0) is 15.0. The van der Waals surface area contributed by atoms with Gasteiger partial charge in [-0.05, 0) is 25.2 Å². The molecule has 1 fully saturated rings. The third-order valence-electron chi connectivity index (χ3n) is 4.62. The number of carboxylic acid groups (broad SMARTS) is 1. The van der Waals surface area contributed by atoms with Crippen LogP contribution in [-0.2, 0) is 6.54 Å². The summed E-state index contributed by atoms with van der Waals surface area (Å²) in [5, 5.41) is 10.9. The van der Waals surface area contributed by atoms with Crippen LogP contribution < -0.4 is 4.80 Å². The van der Waals surface area contributed by atoms with Gasteiger partial charge in [-0.1, -0.05) is 0 Å². The molecule has 0 aromatic carbocycles. The number of hydrogen-bond acceptors (Lipinski definition) is 4. The van der Waals surface area contributed by atoms with E-state index in [2.05, 4.69) is 4.99 Å². The van der Waals surface area contributed by atoms with Crippen molar-refractivity contribution in [3.8, 4) is 0 Å². The van der Waals surface area contributed by atoms with Crippen LogP contribution >= 0.6 is 11.3 Å². The maximum atomic E-state index is 12.7. The van der Waals surface area contributed by atoms with E-state index in [1.165, 1.54) is 16.2 Å². The Morgan fingerprint density at radius 2 is 2.05 bits per heavy atom. The van der Waals surface area contributed by atoms with E-state index in [0.717, 1.165) is 36.3 Å². The maximum Gasteiger partial charge on any atom is 0.407 e. The number of carbonyl (C=O) groups excluding carboxylic acids is 1. The van der Waals surface area contributed by atoms with E-state index >= 15 is 0 Å². The molecule has 2 aliphatic rings. The van der Waals surface area contributed by atoms with Crippen molar-refractivity contribution in [1.82, 2.24) is 9.47 Å². The molecule has 1 amide bonds. The first kappa shape index (κ1) is 14.3. The molecular formula is C14H19N3O3S. The summed E-state index contributed by atoms with van der Waals surface area (Å²) in [5.74, 6) is 0.560. The number of hydrogen-bond donors (Lipinski definition) is 1. The van der Waals surface area contributed by atoms with E-state index in [0.29, 0.717) is 19.0 Å². The van der Waals surface area contributed by atoms with E-state index in [1.54, 1.807) is 7.05 Å². The van der Waals surface area contributed by atoms with Crippen LogP contribution in [0.3, 0.4) is 0 Å². The summed E-state index contributed by atoms with van der Waals surface area (Å²) in [6, 6.07) is 0. The van der Waals surface area contributed by atoms with Crippen LogP contribution in [0.15, 0.2) is 10.4 Å². The number of piperidine rings is 1. The molecule has 0 bridgehead atoms. The lowest BCUT2D eigenvalue weighted by atomic mass is 9.78. The van der Waals surface area contributed by atoms with E-state index in [9.17, 15) is 9.59 Å². The van der Waals surface area contributed by atoms with Gasteiger partial charge in [0.2, 0.25) is 0 Å². The van der Waals surface area contributed by atoms with Crippen LogP contribution in [0.1, 0.15) is 29.8 Å². The minimum atomic E-state index is -0.853. The molecule has 114 valence electrons. The molecule has 1 N–H and O–H groups in total. The highest BCUT2D eigenvalue weighted by atomic mass is 32.1. The minimum Gasteiger partial charge on any atom is -0.465 e. The topological polar surface area (TPSA) is 74.9 Å². The molecule has 1 unspecified atom stereocenters. The Balaban J connectivity index is 1.74. The lowest BCUT2D eigenvalue weighted by Crippen LogP contribution is -2.42. The zero-order valence-electron chi connectivity index (χ0n) is 12.0. The average Bonchev–Trinajstić information content (AvgIpc) is 2.92. The lowest BCUT2D eigenvalue weighted by molar-refractivity contribution is 0.0728. The Kier molecular flexibility index (Phi) is 3.84. The molecule has 2 aliphatic heterocycles. The third kappa shape index (κ3) is 2.50. The van der Waals surface area contributed by atoms with Crippen molar-refractivity contribution in [2.24, 2.45) is 16.8 Å². The van der Waals surface area contributed by atoms with Crippen molar-refractivity contribution >= 4 is 23.2 Å². The van der Waals surface area contributed by atoms with Crippen molar-refractivity contribution < 1.29 is 14.7 Å². The third-order valence-corrected chi connectivity index (χ3v) is 5.58. The number of amides is 1. The molecule has 3 heterocycles. The summed E-state index contributed by atoms with van der Waals surface area (Å²) in [5.41, 5.74) is 0.775. The summed E-state index contributed by atoms with van der Waals surface area (Å²) in [6.07, 6.45) is 1.57. The van der Waals surface area contributed by atoms with Gasteiger partial charge in [-0.25, -0.2) is 4.79 Å². The van der Waals surface area contributed by atoms with E-state index < -0.39 is 6.09 Å². The minimum absolute atomic E-state index is 0.0419. The Morgan fingerprint density at radius 1 is 1.33 bits per heavy atom.